The summed E-state index contributed by atoms with van der Waals surface area (Å²) in [5.41, 5.74) is 1.92. The van der Waals surface area contributed by atoms with E-state index in [1.807, 2.05) is 25.1 Å². The van der Waals surface area contributed by atoms with E-state index in [1.54, 1.807) is 54.6 Å². The van der Waals surface area contributed by atoms with Crippen molar-refractivity contribution in [3.63, 3.8) is 0 Å². The summed E-state index contributed by atoms with van der Waals surface area (Å²) in [7, 11) is 1.54. The number of rotatable bonds is 10. The molecule has 0 aromatic heterocycles. The number of benzene rings is 3. The van der Waals surface area contributed by atoms with E-state index in [0.717, 1.165) is 10.0 Å². The summed E-state index contributed by atoms with van der Waals surface area (Å²) in [5.74, 6) is 1.05. The van der Waals surface area contributed by atoms with E-state index in [-0.39, 0.29) is 18.3 Å². The predicted molar refractivity (Wildman–Crippen MR) is 132 cm³/mol. The lowest BCUT2D eigenvalue weighted by molar-refractivity contribution is -0.118. The average molecular weight is 510 g/mol. The maximum absolute atomic E-state index is 12.4. The van der Waals surface area contributed by atoms with Crippen LogP contribution in [0.4, 0.5) is 5.69 Å². The van der Waals surface area contributed by atoms with Crippen molar-refractivity contribution in [3.8, 4) is 17.2 Å². The maximum Gasteiger partial charge on any atom is 0.262 e. The first-order valence-corrected chi connectivity index (χ1v) is 11.1. The zero-order chi connectivity index (χ0) is 23.6. The Balaban J connectivity index is 1.66. The minimum atomic E-state index is -0.328. The summed E-state index contributed by atoms with van der Waals surface area (Å²) in [6, 6.07) is 19.6. The van der Waals surface area contributed by atoms with Crippen LogP contribution in [-0.4, -0.2) is 32.0 Å². The summed E-state index contributed by atoms with van der Waals surface area (Å²) in [6.45, 7) is 2.08. The molecule has 1 amide bonds. The molecule has 0 aliphatic rings. The molecule has 0 unspecified atom stereocenters. The van der Waals surface area contributed by atoms with Crippen LogP contribution >= 0.6 is 15.9 Å². The van der Waals surface area contributed by atoms with E-state index in [1.165, 1.54) is 13.2 Å². The third kappa shape index (κ3) is 6.95. The molecule has 0 saturated carbocycles. The van der Waals surface area contributed by atoms with E-state index >= 15 is 0 Å². The lowest BCUT2D eigenvalue weighted by Crippen LogP contribution is -2.20. The van der Waals surface area contributed by atoms with E-state index < -0.39 is 0 Å². The monoisotopic (exact) mass is 509 g/mol. The Labute approximate surface area is 201 Å². The number of ether oxygens (including phenoxy) is 3. The minimum absolute atomic E-state index is 0.109. The topological polar surface area (TPSA) is 73.9 Å². The molecule has 0 heterocycles. The average Bonchev–Trinajstić information content (AvgIpc) is 2.82. The van der Waals surface area contributed by atoms with Crippen molar-refractivity contribution in [3.05, 3.63) is 88.4 Å². The molecule has 3 rings (SSSR count). The molecule has 3 aromatic rings. The summed E-state index contributed by atoms with van der Waals surface area (Å²) >= 11 is 3.37. The fourth-order valence-corrected chi connectivity index (χ4v) is 3.40. The van der Waals surface area contributed by atoms with Crippen LogP contribution in [0.15, 0.2) is 77.3 Å². The molecule has 3 aromatic carbocycles. The van der Waals surface area contributed by atoms with E-state index in [2.05, 4.69) is 21.2 Å². The number of amides is 1. The third-order valence-electron chi connectivity index (χ3n) is 4.54. The molecule has 0 aliphatic heterocycles. The minimum Gasteiger partial charge on any atom is -0.495 e. The van der Waals surface area contributed by atoms with Crippen LogP contribution in [0.5, 0.6) is 17.2 Å². The van der Waals surface area contributed by atoms with Crippen LogP contribution < -0.4 is 19.5 Å². The number of hydrogen-bond acceptors (Lipinski definition) is 5. The highest BCUT2D eigenvalue weighted by atomic mass is 79.9. The molecule has 0 atom stereocenters. The number of hydrogen-bond donors (Lipinski definition) is 1. The van der Waals surface area contributed by atoms with Gasteiger partial charge in [0.25, 0.3) is 5.91 Å². The highest BCUT2D eigenvalue weighted by molar-refractivity contribution is 9.10. The van der Waals surface area contributed by atoms with Crippen LogP contribution in [0.3, 0.4) is 0 Å². The van der Waals surface area contributed by atoms with E-state index in [0.29, 0.717) is 35.1 Å². The van der Waals surface area contributed by atoms with Gasteiger partial charge in [-0.05, 0) is 55.0 Å². The molecule has 0 aliphatic carbocycles. The van der Waals surface area contributed by atoms with Crippen molar-refractivity contribution in [2.75, 3.05) is 25.6 Å². The molecule has 0 radical (unpaired) electrons. The first-order chi connectivity index (χ1) is 16.0. The second kappa shape index (κ2) is 11.9. The SMILES string of the molecule is CCOc1cc(/C=C/C(=O)c2cccc(Br)c2)ccc1OCC(=O)Nc1ccccc1OC. The standard InChI is InChI=1S/C26H24BrNO5/c1-3-32-25-15-18(11-13-22(29)19-7-6-8-20(27)16-19)12-14-24(25)33-17-26(30)28-21-9-4-5-10-23(21)31-2/h4-16H,3,17H2,1-2H3,(H,28,30)/b13-11+. The van der Waals surface area contributed by atoms with Crippen LogP contribution in [-0.2, 0) is 4.79 Å². The second-order valence-corrected chi connectivity index (χ2v) is 7.80. The Hall–Kier alpha value is -3.58. The van der Waals surface area contributed by atoms with Gasteiger partial charge in [-0.15, -0.1) is 0 Å². The molecule has 0 fully saturated rings. The maximum atomic E-state index is 12.4. The second-order valence-electron chi connectivity index (χ2n) is 6.88. The lowest BCUT2D eigenvalue weighted by Gasteiger charge is -2.13. The smallest absolute Gasteiger partial charge is 0.262 e. The van der Waals surface area contributed by atoms with Gasteiger partial charge in [-0.2, -0.15) is 0 Å². The van der Waals surface area contributed by atoms with Crippen molar-refractivity contribution in [2.45, 2.75) is 6.92 Å². The number of ketones is 1. The van der Waals surface area contributed by atoms with Crippen molar-refractivity contribution in [2.24, 2.45) is 0 Å². The molecule has 0 bridgehead atoms. The van der Waals surface area contributed by atoms with Gasteiger partial charge in [0.15, 0.2) is 23.9 Å². The molecule has 6 nitrogen and oxygen atoms in total. The van der Waals surface area contributed by atoms with Crippen LogP contribution in [0.2, 0.25) is 0 Å². The highest BCUT2D eigenvalue weighted by Gasteiger charge is 2.11. The summed E-state index contributed by atoms with van der Waals surface area (Å²) in [4.78, 5) is 24.7. The zero-order valence-electron chi connectivity index (χ0n) is 18.3. The number of para-hydroxylation sites is 2. The summed E-state index contributed by atoms with van der Waals surface area (Å²) < 4.78 is 17.4. The van der Waals surface area contributed by atoms with Crippen molar-refractivity contribution < 1.29 is 23.8 Å². The fraction of sp³-hybridized carbons (Fsp3) is 0.154. The molecule has 0 saturated heterocycles. The van der Waals surface area contributed by atoms with Crippen molar-refractivity contribution >= 4 is 39.4 Å². The van der Waals surface area contributed by atoms with Gasteiger partial charge in [0.05, 0.1) is 19.4 Å². The molecule has 33 heavy (non-hydrogen) atoms. The van der Waals surface area contributed by atoms with Crippen molar-refractivity contribution in [1.29, 1.82) is 0 Å². The largest absolute Gasteiger partial charge is 0.495 e. The van der Waals surface area contributed by atoms with Gasteiger partial charge in [0.2, 0.25) is 0 Å². The van der Waals surface area contributed by atoms with Gasteiger partial charge in [0, 0.05) is 10.0 Å². The number of carbonyl (C=O) groups excluding carboxylic acids is 2. The molecule has 7 heteroatoms. The number of nitrogens with one attached hydrogen (secondary N) is 1. The lowest BCUT2D eigenvalue weighted by atomic mass is 10.1. The van der Waals surface area contributed by atoms with Crippen molar-refractivity contribution in [1.82, 2.24) is 0 Å². The first kappa shape index (κ1) is 24.1. The zero-order valence-corrected chi connectivity index (χ0v) is 19.9. The predicted octanol–water partition coefficient (Wildman–Crippen LogP) is 5.77. The molecular weight excluding hydrogens is 486 g/mol. The Kier molecular flexibility index (Phi) is 8.66. The third-order valence-corrected chi connectivity index (χ3v) is 5.04. The Bertz CT molecular complexity index is 1160. The Morgan fingerprint density at radius 2 is 1.76 bits per heavy atom. The number of methoxy groups -OCH3 is 1. The van der Waals surface area contributed by atoms with Gasteiger partial charge >= 0.3 is 0 Å². The summed E-state index contributed by atoms with van der Waals surface area (Å²) in [5, 5.41) is 2.77. The molecule has 170 valence electrons. The van der Waals surface area contributed by atoms with Crippen LogP contribution in [0.25, 0.3) is 6.08 Å². The Morgan fingerprint density at radius 3 is 2.52 bits per heavy atom. The normalized spacial score (nSPS) is 10.6. The van der Waals surface area contributed by atoms with Crippen LogP contribution in [0, 0.1) is 0 Å². The van der Waals surface area contributed by atoms with Gasteiger partial charge in [-0.1, -0.05) is 52.3 Å². The van der Waals surface area contributed by atoms with Gasteiger partial charge < -0.3 is 19.5 Å². The van der Waals surface area contributed by atoms with Gasteiger partial charge in [0.1, 0.15) is 5.75 Å². The molecule has 0 spiro atoms. The number of anilines is 1. The first-order valence-electron chi connectivity index (χ1n) is 10.3. The van der Waals surface area contributed by atoms with Gasteiger partial charge in [-0.3, -0.25) is 9.59 Å². The number of carbonyl (C=O) groups is 2. The van der Waals surface area contributed by atoms with Crippen LogP contribution in [0.1, 0.15) is 22.8 Å². The summed E-state index contributed by atoms with van der Waals surface area (Å²) in [6.07, 6.45) is 3.22. The van der Waals surface area contributed by atoms with E-state index in [9.17, 15) is 9.59 Å². The number of halogens is 1. The van der Waals surface area contributed by atoms with E-state index in [4.69, 9.17) is 14.2 Å². The molecular formula is C26H24BrNO5. The Morgan fingerprint density at radius 1 is 0.939 bits per heavy atom. The highest BCUT2D eigenvalue weighted by Crippen LogP contribution is 2.29. The number of allylic oxidation sites excluding steroid dienone is 1. The quantitative estimate of drug-likeness (QED) is 0.277. The van der Waals surface area contributed by atoms with Gasteiger partial charge in [-0.25, -0.2) is 0 Å². The fourth-order valence-electron chi connectivity index (χ4n) is 3.00. The molecule has 1 N–H and O–H groups in total.